The van der Waals surface area contributed by atoms with Crippen LogP contribution in [-0.4, -0.2) is 11.3 Å². The largest absolute Gasteiger partial charge is 0.324 e. The summed E-state index contributed by atoms with van der Waals surface area (Å²) >= 11 is 1.94. The summed E-state index contributed by atoms with van der Waals surface area (Å²) in [4.78, 5) is 1.41. The second-order valence-corrected chi connectivity index (χ2v) is 6.25. The normalized spacial score (nSPS) is 18.0. The van der Waals surface area contributed by atoms with Crippen LogP contribution in [0.3, 0.4) is 0 Å². The highest BCUT2D eigenvalue weighted by Gasteiger charge is 2.23. The zero-order valence-electron chi connectivity index (χ0n) is 9.99. The molecule has 1 aromatic rings. The minimum atomic E-state index is -0.365. The van der Waals surface area contributed by atoms with Crippen molar-refractivity contribution in [3.05, 3.63) is 29.3 Å². The first-order valence-corrected chi connectivity index (χ1v) is 6.77. The van der Waals surface area contributed by atoms with Crippen molar-refractivity contribution in [1.82, 2.24) is 0 Å². The molecule has 0 radical (unpaired) electrons. The summed E-state index contributed by atoms with van der Waals surface area (Å²) < 4.78 is 0. The van der Waals surface area contributed by atoms with Gasteiger partial charge < -0.3 is 11.5 Å². The van der Waals surface area contributed by atoms with E-state index in [4.69, 9.17) is 11.5 Å². The smallest absolute Gasteiger partial charge is 0.0472 e. The Morgan fingerprint density at radius 3 is 2.81 bits per heavy atom. The number of benzene rings is 1. The van der Waals surface area contributed by atoms with Crippen molar-refractivity contribution in [2.45, 2.75) is 43.2 Å². The SMILES string of the molecule is CC(C)(N)C(N)c1ccc2c(c1)CCCS2. The van der Waals surface area contributed by atoms with E-state index in [0.29, 0.717) is 0 Å². The third kappa shape index (κ3) is 2.42. The van der Waals surface area contributed by atoms with Gasteiger partial charge in [-0.15, -0.1) is 11.8 Å². The van der Waals surface area contributed by atoms with Gasteiger partial charge in [-0.1, -0.05) is 12.1 Å². The molecular weight excluding hydrogens is 216 g/mol. The zero-order valence-corrected chi connectivity index (χ0v) is 10.8. The molecule has 2 nitrogen and oxygen atoms in total. The third-order valence-corrected chi connectivity index (χ3v) is 4.30. The lowest BCUT2D eigenvalue weighted by molar-refractivity contribution is 0.420. The zero-order chi connectivity index (χ0) is 11.8. The number of aryl methyl sites for hydroxylation is 1. The summed E-state index contributed by atoms with van der Waals surface area (Å²) in [6, 6.07) is 6.46. The number of hydrogen-bond donors (Lipinski definition) is 2. The average Bonchev–Trinajstić information content (AvgIpc) is 2.26. The maximum Gasteiger partial charge on any atom is 0.0472 e. The topological polar surface area (TPSA) is 52.0 Å². The Morgan fingerprint density at radius 2 is 2.12 bits per heavy atom. The predicted molar refractivity (Wildman–Crippen MR) is 70.7 cm³/mol. The summed E-state index contributed by atoms with van der Waals surface area (Å²) in [5.74, 6) is 1.24. The monoisotopic (exact) mass is 236 g/mol. The molecule has 4 N–H and O–H groups in total. The van der Waals surface area contributed by atoms with Gasteiger partial charge in [-0.2, -0.15) is 0 Å². The van der Waals surface area contributed by atoms with Crippen LogP contribution in [0, 0.1) is 0 Å². The first-order valence-electron chi connectivity index (χ1n) is 5.78. The van der Waals surface area contributed by atoms with Crippen LogP contribution in [0.15, 0.2) is 23.1 Å². The van der Waals surface area contributed by atoms with Crippen molar-refractivity contribution in [3.8, 4) is 0 Å². The maximum absolute atomic E-state index is 6.17. The minimum absolute atomic E-state index is 0.0928. The number of thioether (sulfide) groups is 1. The molecule has 0 saturated heterocycles. The molecule has 0 aliphatic carbocycles. The van der Waals surface area contributed by atoms with E-state index in [2.05, 4.69) is 18.2 Å². The molecule has 2 rings (SSSR count). The summed E-state index contributed by atoms with van der Waals surface area (Å²) in [5.41, 5.74) is 14.5. The van der Waals surface area contributed by atoms with Gasteiger partial charge in [-0.25, -0.2) is 0 Å². The van der Waals surface area contributed by atoms with Crippen LogP contribution < -0.4 is 11.5 Å². The summed E-state index contributed by atoms with van der Waals surface area (Å²) in [5, 5.41) is 0. The molecule has 1 aliphatic heterocycles. The Kier molecular flexibility index (Phi) is 3.29. The molecule has 1 aromatic carbocycles. The molecule has 88 valence electrons. The Hall–Kier alpha value is -0.510. The minimum Gasteiger partial charge on any atom is -0.324 e. The molecule has 16 heavy (non-hydrogen) atoms. The highest BCUT2D eigenvalue weighted by molar-refractivity contribution is 7.99. The van der Waals surface area contributed by atoms with Crippen LogP contribution >= 0.6 is 11.8 Å². The molecule has 0 bridgehead atoms. The van der Waals surface area contributed by atoms with Crippen molar-refractivity contribution >= 4 is 11.8 Å². The Labute approximate surface area is 102 Å². The van der Waals surface area contributed by atoms with E-state index in [1.165, 1.54) is 29.1 Å². The van der Waals surface area contributed by atoms with E-state index in [9.17, 15) is 0 Å². The molecule has 0 spiro atoms. The lowest BCUT2D eigenvalue weighted by Crippen LogP contribution is -2.43. The molecule has 0 aromatic heterocycles. The number of rotatable bonds is 2. The summed E-state index contributed by atoms with van der Waals surface area (Å²) in [6.45, 7) is 3.96. The maximum atomic E-state index is 6.17. The molecule has 0 amide bonds. The van der Waals surface area contributed by atoms with Gasteiger partial charge in [0, 0.05) is 16.5 Å². The van der Waals surface area contributed by atoms with Gasteiger partial charge in [0.1, 0.15) is 0 Å². The van der Waals surface area contributed by atoms with Gasteiger partial charge in [0.15, 0.2) is 0 Å². The predicted octanol–water partition coefficient (Wildman–Crippen LogP) is 2.46. The van der Waals surface area contributed by atoms with Crippen LogP contribution in [0.5, 0.6) is 0 Å². The van der Waals surface area contributed by atoms with Gasteiger partial charge in [-0.05, 0) is 49.6 Å². The average molecular weight is 236 g/mol. The van der Waals surface area contributed by atoms with Gasteiger partial charge in [0.25, 0.3) is 0 Å². The van der Waals surface area contributed by atoms with Crippen LogP contribution in [0.4, 0.5) is 0 Å². The van der Waals surface area contributed by atoms with Crippen LogP contribution in [0.25, 0.3) is 0 Å². The molecule has 0 saturated carbocycles. The van der Waals surface area contributed by atoms with Gasteiger partial charge in [-0.3, -0.25) is 0 Å². The number of nitrogens with two attached hydrogens (primary N) is 2. The fourth-order valence-electron chi connectivity index (χ4n) is 2.00. The summed E-state index contributed by atoms with van der Waals surface area (Å²) in [6.07, 6.45) is 2.44. The Morgan fingerprint density at radius 1 is 1.38 bits per heavy atom. The lowest BCUT2D eigenvalue weighted by atomic mass is 9.89. The van der Waals surface area contributed by atoms with E-state index < -0.39 is 0 Å². The van der Waals surface area contributed by atoms with Crippen molar-refractivity contribution < 1.29 is 0 Å². The third-order valence-electron chi connectivity index (χ3n) is 3.09. The molecule has 3 heteroatoms. The van der Waals surface area contributed by atoms with Crippen LogP contribution in [-0.2, 0) is 6.42 Å². The Balaban J connectivity index is 2.30. The lowest BCUT2D eigenvalue weighted by Gasteiger charge is -2.28. The fourth-order valence-corrected chi connectivity index (χ4v) is 3.02. The van der Waals surface area contributed by atoms with Gasteiger partial charge in [0.05, 0.1) is 0 Å². The molecule has 1 atom stereocenters. The van der Waals surface area contributed by atoms with E-state index in [-0.39, 0.29) is 11.6 Å². The summed E-state index contributed by atoms with van der Waals surface area (Å²) in [7, 11) is 0. The molecule has 1 heterocycles. The van der Waals surface area contributed by atoms with Crippen molar-refractivity contribution in [1.29, 1.82) is 0 Å². The van der Waals surface area contributed by atoms with E-state index in [0.717, 1.165) is 5.56 Å². The van der Waals surface area contributed by atoms with E-state index >= 15 is 0 Å². The highest BCUT2D eigenvalue weighted by atomic mass is 32.2. The van der Waals surface area contributed by atoms with Gasteiger partial charge in [0.2, 0.25) is 0 Å². The van der Waals surface area contributed by atoms with Crippen molar-refractivity contribution in [3.63, 3.8) is 0 Å². The molecule has 0 fully saturated rings. The van der Waals surface area contributed by atoms with E-state index in [1.54, 1.807) is 0 Å². The molecular formula is C13H20N2S. The van der Waals surface area contributed by atoms with Crippen molar-refractivity contribution in [2.24, 2.45) is 11.5 Å². The van der Waals surface area contributed by atoms with Gasteiger partial charge >= 0.3 is 0 Å². The van der Waals surface area contributed by atoms with Crippen molar-refractivity contribution in [2.75, 3.05) is 5.75 Å². The first kappa shape index (κ1) is 12.0. The second kappa shape index (κ2) is 4.40. The van der Waals surface area contributed by atoms with Crippen LogP contribution in [0.1, 0.15) is 37.4 Å². The molecule has 1 aliphatic rings. The highest BCUT2D eigenvalue weighted by Crippen LogP contribution is 2.32. The Bertz CT molecular complexity index is 382. The van der Waals surface area contributed by atoms with E-state index in [1.807, 2.05) is 25.6 Å². The standard InChI is InChI=1S/C13H20N2S/c1-13(2,15)12(14)10-5-6-11-9(8-10)4-3-7-16-11/h5-6,8,12H,3-4,7,14-15H2,1-2H3. The number of fused-ring (bicyclic) bond motifs is 1. The quantitative estimate of drug-likeness (QED) is 0.829. The molecule has 1 unspecified atom stereocenters. The second-order valence-electron chi connectivity index (χ2n) is 5.12. The van der Waals surface area contributed by atoms with Crippen LogP contribution in [0.2, 0.25) is 0 Å². The first-order chi connectivity index (χ1) is 7.48. The fraction of sp³-hybridized carbons (Fsp3) is 0.538. The number of hydrogen-bond acceptors (Lipinski definition) is 3.